The van der Waals surface area contributed by atoms with Crippen LogP contribution in [0.4, 0.5) is 0 Å². The lowest BCUT2D eigenvalue weighted by atomic mass is 9.99. The average molecular weight is 372 g/mol. The summed E-state index contributed by atoms with van der Waals surface area (Å²) in [5.74, 6) is -0.188. The van der Waals surface area contributed by atoms with Gasteiger partial charge in [0, 0.05) is 24.2 Å². The van der Waals surface area contributed by atoms with Crippen LogP contribution in [0.2, 0.25) is 0 Å². The zero-order chi connectivity index (χ0) is 19.8. The van der Waals surface area contributed by atoms with Crippen molar-refractivity contribution in [1.29, 1.82) is 0 Å². The molecule has 28 heavy (non-hydrogen) atoms. The molecular weight excluding hydrogens is 348 g/mol. The SMILES string of the molecule is CCNC(=O)c1ccc(CNC(=O)c2ccccc2Cc2ccccc2)cc1. The first-order valence-electron chi connectivity index (χ1n) is 9.44. The third-order valence-electron chi connectivity index (χ3n) is 4.51. The van der Waals surface area contributed by atoms with E-state index in [2.05, 4.69) is 22.8 Å². The highest BCUT2D eigenvalue weighted by Crippen LogP contribution is 2.15. The molecule has 0 saturated carbocycles. The fraction of sp³-hybridized carbons (Fsp3) is 0.167. The molecule has 0 unspecified atom stereocenters. The summed E-state index contributed by atoms with van der Waals surface area (Å²) in [5.41, 5.74) is 4.42. The maximum atomic E-state index is 12.7. The fourth-order valence-electron chi connectivity index (χ4n) is 3.03. The lowest BCUT2D eigenvalue weighted by Crippen LogP contribution is -2.24. The van der Waals surface area contributed by atoms with Gasteiger partial charge in [-0.3, -0.25) is 9.59 Å². The Labute approximate surface area is 165 Å². The van der Waals surface area contributed by atoms with Crippen LogP contribution in [0.5, 0.6) is 0 Å². The summed E-state index contributed by atoms with van der Waals surface area (Å²) < 4.78 is 0. The zero-order valence-electron chi connectivity index (χ0n) is 15.9. The second-order valence-corrected chi connectivity index (χ2v) is 6.56. The van der Waals surface area contributed by atoms with E-state index in [-0.39, 0.29) is 11.8 Å². The number of hydrogen-bond acceptors (Lipinski definition) is 2. The lowest BCUT2D eigenvalue weighted by molar-refractivity contribution is 0.0943. The first-order valence-corrected chi connectivity index (χ1v) is 9.44. The van der Waals surface area contributed by atoms with Crippen molar-refractivity contribution in [3.63, 3.8) is 0 Å². The Bertz CT molecular complexity index is 934. The summed E-state index contributed by atoms with van der Waals surface area (Å²) >= 11 is 0. The Balaban J connectivity index is 1.65. The Morgan fingerprint density at radius 1 is 0.714 bits per heavy atom. The highest BCUT2D eigenvalue weighted by atomic mass is 16.2. The van der Waals surface area contributed by atoms with E-state index in [4.69, 9.17) is 0 Å². The normalized spacial score (nSPS) is 10.3. The number of carbonyl (C=O) groups excluding carboxylic acids is 2. The van der Waals surface area contributed by atoms with E-state index in [1.807, 2.05) is 61.5 Å². The van der Waals surface area contributed by atoms with Crippen molar-refractivity contribution in [1.82, 2.24) is 10.6 Å². The first kappa shape index (κ1) is 19.4. The van der Waals surface area contributed by atoms with Gasteiger partial charge in [-0.2, -0.15) is 0 Å². The van der Waals surface area contributed by atoms with Crippen molar-refractivity contribution in [3.05, 3.63) is 107 Å². The molecule has 0 aromatic heterocycles. The van der Waals surface area contributed by atoms with Gasteiger partial charge in [0.15, 0.2) is 0 Å². The van der Waals surface area contributed by atoms with E-state index in [0.717, 1.165) is 11.1 Å². The molecule has 0 aliphatic rings. The molecule has 3 aromatic carbocycles. The molecular formula is C24H24N2O2. The molecule has 2 N–H and O–H groups in total. The predicted octanol–water partition coefficient (Wildman–Crippen LogP) is 3.96. The van der Waals surface area contributed by atoms with Crippen molar-refractivity contribution in [2.75, 3.05) is 6.54 Å². The van der Waals surface area contributed by atoms with Crippen LogP contribution in [0, 0.1) is 0 Å². The monoisotopic (exact) mass is 372 g/mol. The van der Waals surface area contributed by atoms with Crippen LogP contribution in [-0.2, 0) is 13.0 Å². The quantitative estimate of drug-likeness (QED) is 0.660. The molecule has 4 heteroatoms. The van der Waals surface area contributed by atoms with Crippen LogP contribution in [0.25, 0.3) is 0 Å². The topological polar surface area (TPSA) is 58.2 Å². The Morgan fingerprint density at radius 3 is 2.11 bits per heavy atom. The molecule has 3 rings (SSSR count). The molecule has 0 aliphatic heterocycles. The van der Waals surface area contributed by atoms with Crippen LogP contribution in [0.15, 0.2) is 78.9 Å². The summed E-state index contributed by atoms with van der Waals surface area (Å²) in [6.07, 6.45) is 0.714. The molecule has 4 nitrogen and oxygen atoms in total. The van der Waals surface area contributed by atoms with E-state index < -0.39 is 0 Å². The lowest BCUT2D eigenvalue weighted by Gasteiger charge is -2.11. The van der Waals surface area contributed by atoms with Crippen LogP contribution >= 0.6 is 0 Å². The van der Waals surface area contributed by atoms with Gasteiger partial charge in [0.05, 0.1) is 0 Å². The highest BCUT2D eigenvalue weighted by molar-refractivity contribution is 5.96. The molecule has 3 aromatic rings. The number of hydrogen-bond donors (Lipinski definition) is 2. The van der Waals surface area contributed by atoms with Crippen molar-refractivity contribution in [3.8, 4) is 0 Å². The van der Waals surface area contributed by atoms with E-state index in [9.17, 15) is 9.59 Å². The van der Waals surface area contributed by atoms with Gasteiger partial charge in [-0.1, -0.05) is 60.7 Å². The second kappa shape index (κ2) is 9.51. The van der Waals surface area contributed by atoms with E-state index in [1.54, 1.807) is 12.1 Å². The van der Waals surface area contributed by atoms with Gasteiger partial charge in [0.2, 0.25) is 0 Å². The number of carbonyl (C=O) groups is 2. The van der Waals surface area contributed by atoms with E-state index in [1.165, 1.54) is 5.56 Å². The van der Waals surface area contributed by atoms with Crippen molar-refractivity contribution in [2.24, 2.45) is 0 Å². The largest absolute Gasteiger partial charge is 0.352 e. The van der Waals surface area contributed by atoms with Gasteiger partial charge >= 0.3 is 0 Å². The number of amides is 2. The first-order chi connectivity index (χ1) is 13.7. The molecule has 0 fully saturated rings. The highest BCUT2D eigenvalue weighted by Gasteiger charge is 2.11. The van der Waals surface area contributed by atoms with Crippen LogP contribution in [0.1, 0.15) is 44.3 Å². The fourth-order valence-corrected chi connectivity index (χ4v) is 3.03. The molecule has 0 saturated heterocycles. The smallest absolute Gasteiger partial charge is 0.251 e. The minimum absolute atomic E-state index is 0.0899. The van der Waals surface area contributed by atoms with Gasteiger partial charge in [0.25, 0.3) is 11.8 Å². The molecule has 0 atom stereocenters. The second-order valence-electron chi connectivity index (χ2n) is 6.56. The number of benzene rings is 3. The summed E-state index contributed by atoms with van der Waals surface area (Å²) in [6, 6.07) is 25.1. The number of rotatable bonds is 7. The van der Waals surface area contributed by atoms with Gasteiger partial charge < -0.3 is 10.6 Å². The molecule has 0 radical (unpaired) electrons. The maximum Gasteiger partial charge on any atom is 0.251 e. The summed E-state index contributed by atoms with van der Waals surface area (Å²) in [7, 11) is 0. The van der Waals surface area contributed by atoms with Gasteiger partial charge in [-0.25, -0.2) is 0 Å². The maximum absolute atomic E-state index is 12.7. The van der Waals surface area contributed by atoms with Crippen LogP contribution in [0.3, 0.4) is 0 Å². The molecule has 0 bridgehead atoms. The van der Waals surface area contributed by atoms with Crippen molar-refractivity contribution < 1.29 is 9.59 Å². The predicted molar refractivity (Wildman–Crippen MR) is 111 cm³/mol. The summed E-state index contributed by atoms with van der Waals surface area (Å²) in [4.78, 5) is 24.5. The van der Waals surface area contributed by atoms with Gasteiger partial charge in [-0.15, -0.1) is 0 Å². The van der Waals surface area contributed by atoms with Gasteiger partial charge in [-0.05, 0) is 48.2 Å². The van der Waals surface area contributed by atoms with E-state index in [0.29, 0.717) is 30.6 Å². The summed E-state index contributed by atoms with van der Waals surface area (Å²) in [5, 5.41) is 5.75. The third kappa shape index (κ3) is 5.07. The molecule has 0 aliphatic carbocycles. The van der Waals surface area contributed by atoms with Crippen molar-refractivity contribution >= 4 is 11.8 Å². The minimum atomic E-state index is -0.0978. The Hall–Kier alpha value is -3.40. The minimum Gasteiger partial charge on any atom is -0.352 e. The molecule has 142 valence electrons. The average Bonchev–Trinajstić information content (AvgIpc) is 2.74. The van der Waals surface area contributed by atoms with Crippen LogP contribution in [-0.4, -0.2) is 18.4 Å². The molecule has 2 amide bonds. The van der Waals surface area contributed by atoms with E-state index >= 15 is 0 Å². The Kier molecular flexibility index (Phi) is 6.58. The molecule has 0 heterocycles. The number of nitrogens with one attached hydrogen (secondary N) is 2. The Morgan fingerprint density at radius 2 is 1.39 bits per heavy atom. The third-order valence-corrected chi connectivity index (χ3v) is 4.51. The standard InChI is InChI=1S/C24H24N2O2/c1-2-25-23(27)20-14-12-19(13-15-20)17-26-24(28)22-11-7-6-10-21(22)16-18-8-4-3-5-9-18/h3-15H,2,16-17H2,1H3,(H,25,27)(H,26,28). The van der Waals surface area contributed by atoms with Crippen LogP contribution < -0.4 is 10.6 Å². The summed E-state index contributed by atoms with van der Waals surface area (Å²) in [6.45, 7) is 2.89. The molecule has 0 spiro atoms. The van der Waals surface area contributed by atoms with Crippen molar-refractivity contribution in [2.45, 2.75) is 19.9 Å². The zero-order valence-corrected chi connectivity index (χ0v) is 15.9. The van der Waals surface area contributed by atoms with Gasteiger partial charge in [0.1, 0.15) is 0 Å².